The Morgan fingerprint density at radius 3 is 0.803 bits per heavy atom. The summed E-state index contributed by atoms with van der Waals surface area (Å²) in [6, 6.07) is 0. The van der Waals surface area contributed by atoms with Gasteiger partial charge in [-0.2, -0.15) is 0 Å². The molecule has 0 N–H and O–H groups in total. The summed E-state index contributed by atoms with van der Waals surface area (Å²) in [5, 5.41) is 0. The van der Waals surface area contributed by atoms with Crippen molar-refractivity contribution in [2.24, 2.45) is 5.92 Å². The molecule has 0 aliphatic carbocycles. The number of rotatable bonds is 50. The first-order valence-corrected chi connectivity index (χ1v) is 27.4. The minimum absolute atomic E-state index is 0.0622. The highest BCUT2D eigenvalue weighted by atomic mass is 16.6. The van der Waals surface area contributed by atoms with Crippen molar-refractivity contribution in [2.75, 3.05) is 13.2 Å². The fraction of sp³-hybridized carbons (Fsp3) is 0.945. The summed E-state index contributed by atoms with van der Waals surface area (Å²) in [4.78, 5) is 38.0. The maximum atomic E-state index is 12.8. The molecule has 0 saturated heterocycles. The molecule has 0 spiro atoms. The average Bonchev–Trinajstić information content (AvgIpc) is 3.24. The number of ether oxygens (including phenoxy) is 3. The standard InChI is InChI=1S/C55H106O6/c1-5-7-9-11-13-15-17-19-23-28-32-36-40-44-48-55(58)61-52(49-59-53(56)46-42-38-34-30-26-18-16-14-12-10-8-6-2)50-60-54(57)47-43-39-35-31-27-24-21-20-22-25-29-33-37-41-45-51(3)4/h51-52H,5-50H2,1-4H3/t52-/m0/s1. The second kappa shape index (κ2) is 49.4. The van der Waals surface area contributed by atoms with E-state index in [9.17, 15) is 14.4 Å². The SMILES string of the molecule is CCCCCCCCCCCCCCCCC(=O)O[C@@H](COC(=O)CCCCCCCCCCCCCC)COC(=O)CCCCCCCCCCCCCCCCC(C)C. The van der Waals surface area contributed by atoms with Gasteiger partial charge in [-0.05, 0) is 25.2 Å². The van der Waals surface area contributed by atoms with Gasteiger partial charge in [0.2, 0.25) is 0 Å². The van der Waals surface area contributed by atoms with Crippen LogP contribution in [0.4, 0.5) is 0 Å². The van der Waals surface area contributed by atoms with Gasteiger partial charge in [0.15, 0.2) is 6.10 Å². The highest BCUT2D eigenvalue weighted by molar-refractivity contribution is 5.71. The van der Waals surface area contributed by atoms with E-state index in [4.69, 9.17) is 14.2 Å². The van der Waals surface area contributed by atoms with Crippen LogP contribution in [0.15, 0.2) is 0 Å². The van der Waals surface area contributed by atoms with Crippen molar-refractivity contribution in [1.82, 2.24) is 0 Å². The maximum Gasteiger partial charge on any atom is 0.306 e. The number of hydrogen-bond donors (Lipinski definition) is 0. The van der Waals surface area contributed by atoms with E-state index in [0.717, 1.165) is 63.7 Å². The minimum Gasteiger partial charge on any atom is -0.462 e. The van der Waals surface area contributed by atoms with Gasteiger partial charge < -0.3 is 14.2 Å². The maximum absolute atomic E-state index is 12.8. The molecule has 0 bridgehead atoms. The second-order valence-corrected chi connectivity index (χ2v) is 19.3. The minimum atomic E-state index is -0.760. The molecule has 0 fully saturated rings. The van der Waals surface area contributed by atoms with E-state index in [2.05, 4.69) is 27.7 Å². The number of esters is 3. The van der Waals surface area contributed by atoms with E-state index in [1.54, 1.807) is 0 Å². The van der Waals surface area contributed by atoms with E-state index in [1.807, 2.05) is 0 Å². The molecule has 0 amide bonds. The van der Waals surface area contributed by atoms with Crippen LogP contribution in [0.2, 0.25) is 0 Å². The van der Waals surface area contributed by atoms with Gasteiger partial charge in [-0.1, -0.05) is 272 Å². The number of carbonyl (C=O) groups is 3. The van der Waals surface area contributed by atoms with Gasteiger partial charge in [0.25, 0.3) is 0 Å². The summed E-state index contributed by atoms with van der Waals surface area (Å²) < 4.78 is 16.8. The Bertz CT molecular complexity index is 918. The summed E-state index contributed by atoms with van der Waals surface area (Å²) >= 11 is 0. The Labute approximate surface area is 380 Å². The lowest BCUT2D eigenvalue weighted by molar-refractivity contribution is -0.167. The quantitative estimate of drug-likeness (QED) is 0.0344. The Morgan fingerprint density at radius 2 is 0.541 bits per heavy atom. The molecule has 0 heterocycles. The van der Waals surface area contributed by atoms with Crippen LogP contribution in [0.25, 0.3) is 0 Å². The van der Waals surface area contributed by atoms with Crippen molar-refractivity contribution in [3.05, 3.63) is 0 Å². The van der Waals surface area contributed by atoms with Crippen LogP contribution in [0.1, 0.15) is 310 Å². The smallest absolute Gasteiger partial charge is 0.306 e. The van der Waals surface area contributed by atoms with Crippen molar-refractivity contribution in [2.45, 2.75) is 316 Å². The fourth-order valence-corrected chi connectivity index (χ4v) is 8.39. The molecular formula is C55H106O6. The first-order chi connectivity index (χ1) is 29.9. The van der Waals surface area contributed by atoms with Gasteiger partial charge >= 0.3 is 17.9 Å². The molecule has 0 aliphatic heterocycles. The zero-order chi connectivity index (χ0) is 44.5. The monoisotopic (exact) mass is 863 g/mol. The van der Waals surface area contributed by atoms with E-state index in [-0.39, 0.29) is 31.1 Å². The third kappa shape index (κ3) is 49.3. The van der Waals surface area contributed by atoms with Crippen LogP contribution in [0, 0.1) is 5.92 Å². The molecule has 0 rings (SSSR count). The summed E-state index contributed by atoms with van der Waals surface area (Å²) in [6.07, 6.45) is 52.3. The van der Waals surface area contributed by atoms with Crippen LogP contribution in [-0.4, -0.2) is 37.2 Å². The van der Waals surface area contributed by atoms with Gasteiger partial charge in [0, 0.05) is 19.3 Å². The fourth-order valence-electron chi connectivity index (χ4n) is 8.39. The highest BCUT2D eigenvalue weighted by Crippen LogP contribution is 2.17. The van der Waals surface area contributed by atoms with Gasteiger partial charge in [-0.15, -0.1) is 0 Å². The number of carbonyl (C=O) groups excluding carboxylic acids is 3. The Morgan fingerprint density at radius 1 is 0.311 bits per heavy atom. The Kier molecular flexibility index (Phi) is 48.1. The van der Waals surface area contributed by atoms with Crippen molar-refractivity contribution in [1.29, 1.82) is 0 Å². The molecule has 0 unspecified atom stereocenters. The molecule has 0 radical (unpaired) electrons. The van der Waals surface area contributed by atoms with E-state index >= 15 is 0 Å². The van der Waals surface area contributed by atoms with Crippen LogP contribution < -0.4 is 0 Å². The number of unbranched alkanes of at least 4 members (excludes halogenated alkanes) is 37. The zero-order valence-corrected chi connectivity index (χ0v) is 41.6. The van der Waals surface area contributed by atoms with Crippen molar-refractivity contribution in [3.8, 4) is 0 Å². The highest BCUT2D eigenvalue weighted by Gasteiger charge is 2.19. The molecule has 0 aromatic heterocycles. The molecule has 0 aromatic rings. The first-order valence-electron chi connectivity index (χ1n) is 27.4. The van der Waals surface area contributed by atoms with Gasteiger partial charge in [-0.3, -0.25) is 14.4 Å². The molecule has 0 aliphatic rings. The van der Waals surface area contributed by atoms with Crippen LogP contribution >= 0.6 is 0 Å². The van der Waals surface area contributed by atoms with E-state index in [0.29, 0.717) is 19.3 Å². The molecule has 1 atom stereocenters. The van der Waals surface area contributed by atoms with Gasteiger partial charge in [0.1, 0.15) is 13.2 Å². The topological polar surface area (TPSA) is 78.9 Å². The third-order valence-corrected chi connectivity index (χ3v) is 12.5. The van der Waals surface area contributed by atoms with Crippen LogP contribution in [0.5, 0.6) is 0 Å². The third-order valence-electron chi connectivity index (χ3n) is 12.5. The van der Waals surface area contributed by atoms with Crippen LogP contribution in [-0.2, 0) is 28.6 Å². The van der Waals surface area contributed by atoms with Crippen molar-refractivity contribution < 1.29 is 28.6 Å². The summed E-state index contributed by atoms with van der Waals surface area (Å²) in [7, 11) is 0. The normalized spacial score (nSPS) is 12.0. The summed E-state index contributed by atoms with van der Waals surface area (Å²) in [6.45, 7) is 9.05. The largest absolute Gasteiger partial charge is 0.462 e. The second-order valence-electron chi connectivity index (χ2n) is 19.3. The lowest BCUT2D eigenvalue weighted by atomic mass is 10.0. The molecular weight excluding hydrogens is 757 g/mol. The summed E-state index contributed by atoms with van der Waals surface area (Å²) in [5.41, 5.74) is 0. The summed E-state index contributed by atoms with van der Waals surface area (Å²) in [5.74, 6) is 0.00551. The average molecular weight is 863 g/mol. The lowest BCUT2D eigenvalue weighted by Crippen LogP contribution is -2.30. The Hall–Kier alpha value is -1.59. The zero-order valence-electron chi connectivity index (χ0n) is 41.6. The predicted octanol–water partition coefficient (Wildman–Crippen LogP) is 17.8. The molecule has 6 nitrogen and oxygen atoms in total. The molecule has 6 heteroatoms. The molecule has 0 aromatic carbocycles. The molecule has 0 saturated carbocycles. The Balaban J connectivity index is 4.28. The predicted molar refractivity (Wildman–Crippen MR) is 261 cm³/mol. The van der Waals surface area contributed by atoms with Gasteiger partial charge in [-0.25, -0.2) is 0 Å². The van der Waals surface area contributed by atoms with E-state index < -0.39 is 6.10 Å². The first kappa shape index (κ1) is 59.4. The van der Waals surface area contributed by atoms with Gasteiger partial charge in [0.05, 0.1) is 0 Å². The molecule has 61 heavy (non-hydrogen) atoms. The van der Waals surface area contributed by atoms with Crippen molar-refractivity contribution >= 4 is 17.9 Å². The lowest BCUT2D eigenvalue weighted by Gasteiger charge is -2.18. The van der Waals surface area contributed by atoms with E-state index in [1.165, 1.54) is 205 Å². The van der Waals surface area contributed by atoms with Crippen molar-refractivity contribution in [3.63, 3.8) is 0 Å². The number of hydrogen-bond acceptors (Lipinski definition) is 6. The van der Waals surface area contributed by atoms with Crippen LogP contribution in [0.3, 0.4) is 0 Å². The molecule has 362 valence electrons.